The molecule has 0 radical (unpaired) electrons. The minimum Gasteiger partial charge on any atom is -0.494 e. The number of hydrogen-bond acceptors (Lipinski definition) is 3. The van der Waals surface area contributed by atoms with Crippen LogP contribution >= 0.6 is 0 Å². The lowest BCUT2D eigenvalue weighted by atomic mass is 10.1. The number of imidazole rings is 1. The standard InChI is InChI=1S/C21H22FN3O2/c1-4-27-20-8-6-17(11-14(20)2)21(26)24-13-16-5-7-19(18(22)12-16)25-10-9-23-15(25)3/h5-12H,4,13H2,1-3H3,(H,24,26). The van der Waals surface area contributed by atoms with Crippen molar-refractivity contribution >= 4 is 5.91 Å². The van der Waals surface area contributed by atoms with Crippen LogP contribution in [0.25, 0.3) is 5.69 Å². The molecule has 0 fully saturated rings. The number of hydrogen-bond donors (Lipinski definition) is 1. The molecule has 0 unspecified atom stereocenters. The topological polar surface area (TPSA) is 56.1 Å². The second kappa shape index (κ2) is 8.03. The van der Waals surface area contributed by atoms with Gasteiger partial charge in [0.25, 0.3) is 5.91 Å². The molecule has 1 heterocycles. The number of carbonyl (C=O) groups is 1. The van der Waals surface area contributed by atoms with Crippen molar-refractivity contribution in [1.29, 1.82) is 0 Å². The van der Waals surface area contributed by atoms with Gasteiger partial charge in [0.1, 0.15) is 17.4 Å². The van der Waals surface area contributed by atoms with Crippen LogP contribution in [0.2, 0.25) is 0 Å². The van der Waals surface area contributed by atoms with Crippen LogP contribution in [0.15, 0.2) is 48.8 Å². The molecule has 3 aromatic rings. The third kappa shape index (κ3) is 4.16. The number of amides is 1. The van der Waals surface area contributed by atoms with E-state index in [2.05, 4.69) is 10.3 Å². The van der Waals surface area contributed by atoms with E-state index in [0.717, 1.165) is 11.3 Å². The Balaban J connectivity index is 1.68. The Bertz CT molecular complexity index is 966. The summed E-state index contributed by atoms with van der Waals surface area (Å²) in [5.74, 6) is 0.901. The molecular formula is C21H22FN3O2. The van der Waals surface area contributed by atoms with Gasteiger partial charge in [0.2, 0.25) is 0 Å². The molecule has 0 atom stereocenters. The Hall–Kier alpha value is -3.15. The SMILES string of the molecule is CCOc1ccc(C(=O)NCc2ccc(-n3ccnc3C)c(F)c2)cc1C. The van der Waals surface area contributed by atoms with Crippen LogP contribution < -0.4 is 10.1 Å². The van der Waals surface area contributed by atoms with E-state index in [-0.39, 0.29) is 18.3 Å². The summed E-state index contributed by atoms with van der Waals surface area (Å²) < 4.78 is 21.6. The molecular weight excluding hydrogens is 345 g/mol. The summed E-state index contributed by atoms with van der Waals surface area (Å²) in [5, 5.41) is 2.82. The van der Waals surface area contributed by atoms with E-state index in [1.807, 2.05) is 20.8 Å². The van der Waals surface area contributed by atoms with Gasteiger partial charge in [-0.15, -0.1) is 0 Å². The third-order valence-corrected chi connectivity index (χ3v) is 4.29. The van der Waals surface area contributed by atoms with Gasteiger partial charge < -0.3 is 14.6 Å². The van der Waals surface area contributed by atoms with Gasteiger partial charge in [-0.1, -0.05) is 6.07 Å². The van der Waals surface area contributed by atoms with E-state index in [0.29, 0.717) is 29.2 Å². The second-order valence-corrected chi connectivity index (χ2v) is 6.23. The maximum Gasteiger partial charge on any atom is 0.251 e. The number of rotatable bonds is 6. The zero-order valence-corrected chi connectivity index (χ0v) is 15.6. The summed E-state index contributed by atoms with van der Waals surface area (Å²) in [5.41, 5.74) is 2.56. The average molecular weight is 367 g/mol. The second-order valence-electron chi connectivity index (χ2n) is 6.23. The van der Waals surface area contributed by atoms with Crippen molar-refractivity contribution in [2.24, 2.45) is 0 Å². The van der Waals surface area contributed by atoms with Crippen LogP contribution in [0.5, 0.6) is 5.75 Å². The molecule has 1 aromatic heterocycles. The summed E-state index contributed by atoms with van der Waals surface area (Å²) in [6.45, 7) is 6.44. The van der Waals surface area contributed by atoms with Gasteiger partial charge in [-0.3, -0.25) is 4.79 Å². The molecule has 6 heteroatoms. The van der Waals surface area contributed by atoms with Crippen LogP contribution in [0.3, 0.4) is 0 Å². The number of halogens is 1. The van der Waals surface area contributed by atoms with Crippen molar-refractivity contribution in [1.82, 2.24) is 14.9 Å². The molecule has 3 rings (SSSR count). The maximum absolute atomic E-state index is 14.4. The molecule has 0 bridgehead atoms. The first-order valence-electron chi connectivity index (χ1n) is 8.80. The van der Waals surface area contributed by atoms with Gasteiger partial charge in [-0.05, 0) is 62.2 Å². The number of ether oxygens (including phenoxy) is 1. The molecule has 27 heavy (non-hydrogen) atoms. The van der Waals surface area contributed by atoms with Crippen molar-refractivity contribution in [2.75, 3.05) is 6.61 Å². The molecule has 0 saturated carbocycles. The van der Waals surface area contributed by atoms with Gasteiger partial charge in [0.05, 0.1) is 12.3 Å². The molecule has 0 aliphatic carbocycles. The highest BCUT2D eigenvalue weighted by atomic mass is 19.1. The summed E-state index contributed by atoms with van der Waals surface area (Å²) in [6, 6.07) is 10.2. The number of nitrogens with zero attached hydrogens (tertiary/aromatic N) is 2. The van der Waals surface area contributed by atoms with Crippen LogP contribution in [-0.2, 0) is 6.54 Å². The predicted octanol–water partition coefficient (Wildman–Crippen LogP) is 3.96. The molecule has 5 nitrogen and oxygen atoms in total. The highest BCUT2D eigenvalue weighted by molar-refractivity contribution is 5.94. The Labute approximate surface area is 157 Å². The fourth-order valence-corrected chi connectivity index (χ4v) is 2.88. The Morgan fingerprint density at radius 1 is 1.22 bits per heavy atom. The van der Waals surface area contributed by atoms with E-state index >= 15 is 0 Å². The van der Waals surface area contributed by atoms with Crippen molar-refractivity contribution in [3.05, 3.63) is 77.1 Å². The van der Waals surface area contributed by atoms with Crippen molar-refractivity contribution in [2.45, 2.75) is 27.3 Å². The first kappa shape index (κ1) is 18.6. The van der Waals surface area contributed by atoms with E-state index < -0.39 is 0 Å². The van der Waals surface area contributed by atoms with Crippen molar-refractivity contribution in [3.63, 3.8) is 0 Å². The normalized spacial score (nSPS) is 10.7. The Kier molecular flexibility index (Phi) is 5.54. The van der Waals surface area contributed by atoms with Crippen LogP contribution in [0.1, 0.15) is 34.2 Å². The lowest BCUT2D eigenvalue weighted by Gasteiger charge is -2.11. The highest BCUT2D eigenvalue weighted by Crippen LogP contribution is 2.20. The van der Waals surface area contributed by atoms with E-state index in [1.54, 1.807) is 47.3 Å². The number of nitrogens with one attached hydrogen (secondary N) is 1. The number of carbonyl (C=O) groups excluding carboxylic acids is 1. The van der Waals surface area contributed by atoms with Crippen molar-refractivity contribution in [3.8, 4) is 11.4 Å². The lowest BCUT2D eigenvalue weighted by Crippen LogP contribution is -2.23. The zero-order valence-electron chi connectivity index (χ0n) is 15.6. The largest absolute Gasteiger partial charge is 0.494 e. The Morgan fingerprint density at radius 3 is 2.67 bits per heavy atom. The minimum absolute atomic E-state index is 0.212. The van der Waals surface area contributed by atoms with E-state index in [9.17, 15) is 9.18 Å². The predicted molar refractivity (Wildman–Crippen MR) is 102 cm³/mol. The smallest absolute Gasteiger partial charge is 0.251 e. The summed E-state index contributed by atoms with van der Waals surface area (Å²) >= 11 is 0. The van der Waals surface area contributed by atoms with Gasteiger partial charge >= 0.3 is 0 Å². The van der Waals surface area contributed by atoms with Gasteiger partial charge in [0.15, 0.2) is 0 Å². The minimum atomic E-state index is -0.361. The first-order valence-corrected chi connectivity index (χ1v) is 8.80. The molecule has 0 aliphatic rings. The quantitative estimate of drug-likeness (QED) is 0.718. The lowest BCUT2D eigenvalue weighted by molar-refractivity contribution is 0.0950. The van der Waals surface area contributed by atoms with Gasteiger partial charge in [-0.25, -0.2) is 9.37 Å². The highest BCUT2D eigenvalue weighted by Gasteiger charge is 2.11. The monoisotopic (exact) mass is 367 g/mol. The van der Waals surface area contributed by atoms with E-state index in [4.69, 9.17) is 4.74 Å². The maximum atomic E-state index is 14.4. The van der Waals surface area contributed by atoms with Crippen LogP contribution in [-0.4, -0.2) is 22.1 Å². The summed E-state index contributed by atoms with van der Waals surface area (Å²) in [6.07, 6.45) is 3.34. The van der Waals surface area contributed by atoms with Gasteiger partial charge in [-0.2, -0.15) is 0 Å². The van der Waals surface area contributed by atoms with E-state index in [1.165, 1.54) is 6.07 Å². The molecule has 0 aliphatic heterocycles. The Morgan fingerprint density at radius 2 is 2.04 bits per heavy atom. The molecule has 2 aromatic carbocycles. The number of benzene rings is 2. The molecule has 0 spiro atoms. The molecule has 0 saturated heterocycles. The summed E-state index contributed by atoms with van der Waals surface area (Å²) in [4.78, 5) is 16.5. The third-order valence-electron chi connectivity index (χ3n) is 4.29. The summed E-state index contributed by atoms with van der Waals surface area (Å²) in [7, 11) is 0. The van der Waals surface area contributed by atoms with Gasteiger partial charge in [0, 0.05) is 24.5 Å². The van der Waals surface area contributed by atoms with Crippen LogP contribution in [0.4, 0.5) is 4.39 Å². The fraction of sp³-hybridized carbons (Fsp3) is 0.238. The number of aromatic nitrogens is 2. The van der Waals surface area contributed by atoms with Crippen molar-refractivity contribution < 1.29 is 13.9 Å². The molecule has 1 amide bonds. The van der Waals surface area contributed by atoms with Crippen LogP contribution in [0, 0.1) is 19.7 Å². The molecule has 140 valence electrons. The molecule has 1 N–H and O–H groups in total. The number of aryl methyl sites for hydroxylation is 2. The fourth-order valence-electron chi connectivity index (χ4n) is 2.88. The first-order chi connectivity index (χ1) is 13.0. The average Bonchev–Trinajstić information content (AvgIpc) is 3.07. The zero-order chi connectivity index (χ0) is 19.4.